The average molecular weight is 279 g/mol. The van der Waals surface area contributed by atoms with Crippen LogP contribution in [0.15, 0.2) is 36.9 Å². The molecule has 1 aromatic rings. The van der Waals surface area contributed by atoms with Gasteiger partial charge in [-0.15, -0.1) is 6.58 Å². The van der Waals surface area contributed by atoms with Gasteiger partial charge in [0.25, 0.3) is 0 Å². The highest BCUT2D eigenvalue weighted by Crippen LogP contribution is 2.34. The third-order valence-electron chi connectivity index (χ3n) is 3.62. The Morgan fingerprint density at radius 1 is 1.26 bits per heavy atom. The van der Waals surface area contributed by atoms with E-state index in [0.29, 0.717) is 12.3 Å². The SMILES string of the molecule is C=CCC(=O)OC1CCC(c2ccc(Cl)cc2)CC1. The topological polar surface area (TPSA) is 26.3 Å². The highest BCUT2D eigenvalue weighted by Gasteiger charge is 2.24. The van der Waals surface area contributed by atoms with E-state index in [0.717, 1.165) is 30.7 Å². The minimum atomic E-state index is -0.162. The molecule has 3 heteroatoms. The van der Waals surface area contributed by atoms with E-state index in [2.05, 4.69) is 18.7 Å². The number of hydrogen-bond donors (Lipinski definition) is 0. The fourth-order valence-corrected chi connectivity index (χ4v) is 2.73. The van der Waals surface area contributed by atoms with E-state index in [1.165, 1.54) is 5.56 Å². The van der Waals surface area contributed by atoms with Gasteiger partial charge in [0.05, 0.1) is 6.42 Å². The van der Waals surface area contributed by atoms with Crippen molar-refractivity contribution in [2.75, 3.05) is 0 Å². The number of hydrogen-bond acceptors (Lipinski definition) is 2. The highest BCUT2D eigenvalue weighted by atomic mass is 35.5. The van der Waals surface area contributed by atoms with Crippen LogP contribution in [0.3, 0.4) is 0 Å². The molecule has 1 saturated carbocycles. The summed E-state index contributed by atoms with van der Waals surface area (Å²) in [6.45, 7) is 3.54. The molecule has 1 fully saturated rings. The summed E-state index contributed by atoms with van der Waals surface area (Å²) in [5.74, 6) is 0.400. The molecular weight excluding hydrogens is 260 g/mol. The number of ether oxygens (including phenoxy) is 1. The summed E-state index contributed by atoms with van der Waals surface area (Å²) >= 11 is 5.90. The van der Waals surface area contributed by atoms with Crippen LogP contribution in [0.1, 0.15) is 43.6 Å². The number of rotatable bonds is 4. The van der Waals surface area contributed by atoms with Crippen molar-refractivity contribution in [3.8, 4) is 0 Å². The number of carbonyl (C=O) groups excluding carboxylic acids is 1. The first-order chi connectivity index (χ1) is 9.19. The van der Waals surface area contributed by atoms with Gasteiger partial charge >= 0.3 is 5.97 Å². The van der Waals surface area contributed by atoms with Crippen molar-refractivity contribution in [2.45, 2.75) is 44.1 Å². The van der Waals surface area contributed by atoms with Gasteiger partial charge in [-0.3, -0.25) is 4.79 Å². The van der Waals surface area contributed by atoms with E-state index in [1.807, 2.05) is 12.1 Å². The molecule has 0 aromatic heterocycles. The van der Waals surface area contributed by atoms with Gasteiger partial charge in [0, 0.05) is 5.02 Å². The minimum absolute atomic E-state index is 0.0796. The van der Waals surface area contributed by atoms with Crippen LogP contribution in [0.25, 0.3) is 0 Å². The standard InChI is InChI=1S/C16H19ClO2/c1-2-3-16(18)19-15-10-6-13(7-11-15)12-4-8-14(17)9-5-12/h2,4-5,8-9,13,15H,1,3,6-7,10-11H2. The van der Waals surface area contributed by atoms with Gasteiger partial charge in [0.1, 0.15) is 6.10 Å². The van der Waals surface area contributed by atoms with Crippen LogP contribution in [0, 0.1) is 0 Å². The Balaban J connectivity index is 1.83. The molecule has 0 aliphatic heterocycles. The first-order valence-corrected chi connectivity index (χ1v) is 7.12. The quantitative estimate of drug-likeness (QED) is 0.599. The molecule has 0 saturated heterocycles. The molecule has 1 aliphatic carbocycles. The van der Waals surface area contributed by atoms with Crippen molar-refractivity contribution in [2.24, 2.45) is 0 Å². The first-order valence-electron chi connectivity index (χ1n) is 6.75. The first kappa shape index (κ1) is 14.1. The van der Waals surface area contributed by atoms with Gasteiger partial charge in [0.15, 0.2) is 0 Å². The number of halogens is 1. The molecular formula is C16H19ClO2. The van der Waals surface area contributed by atoms with Gasteiger partial charge in [-0.25, -0.2) is 0 Å². The summed E-state index contributed by atoms with van der Waals surface area (Å²) in [7, 11) is 0. The Kier molecular flexibility index (Phi) is 5.03. The number of esters is 1. The summed E-state index contributed by atoms with van der Waals surface area (Å²) in [6.07, 6.45) is 5.97. The molecule has 0 unspecified atom stereocenters. The van der Waals surface area contributed by atoms with Gasteiger partial charge in [-0.2, -0.15) is 0 Å². The molecule has 0 N–H and O–H groups in total. The molecule has 0 atom stereocenters. The molecule has 2 rings (SSSR count). The summed E-state index contributed by atoms with van der Waals surface area (Å²) in [6, 6.07) is 8.06. The molecule has 0 bridgehead atoms. The van der Waals surface area contributed by atoms with Gasteiger partial charge in [-0.1, -0.05) is 29.8 Å². The second-order valence-corrected chi connectivity index (χ2v) is 5.44. The van der Waals surface area contributed by atoms with Crippen LogP contribution in [0.2, 0.25) is 5.02 Å². The fraction of sp³-hybridized carbons (Fsp3) is 0.438. The third-order valence-corrected chi connectivity index (χ3v) is 3.88. The van der Waals surface area contributed by atoms with Crippen molar-refractivity contribution in [3.05, 3.63) is 47.5 Å². The maximum absolute atomic E-state index is 11.4. The van der Waals surface area contributed by atoms with E-state index >= 15 is 0 Å². The molecule has 1 aliphatic rings. The maximum atomic E-state index is 11.4. The summed E-state index contributed by atoms with van der Waals surface area (Å²) in [5.41, 5.74) is 1.33. The van der Waals surface area contributed by atoms with Crippen LogP contribution in [0.4, 0.5) is 0 Å². The number of carbonyl (C=O) groups is 1. The maximum Gasteiger partial charge on any atom is 0.309 e. The molecule has 0 heterocycles. The van der Waals surface area contributed by atoms with Crippen molar-refractivity contribution in [1.82, 2.24) is 0 Å². The van der Waals surface area contributed by atoms with E-state index in [1.54, 1.807) is 6.08 Å². The molecule has 0 spiro atoms. The van der Waals surface area contributed by atoms with Crippen LogP contribution in [-0.4, -0.2) is 12.1 Å². The van der Waals surface area contributed by atoms with E-state index in [-0.39, 0.29) is 12.1 Å². The Bertz CT molecular complexity index is 431. The lowest BCUT2D eigenvalue weighted by atomic mass is 9.83. The van der Waals surface area contributed by atoms with E-state index in [9.17, 15) is 4.79 Å². The van der Waals surface area contributed by atoms with E-state index < -0.39 is 0 Å². The van der Waals surface area contributed by atoms with Crippen molar-refractivity contribution >= 4 is 17.6 Å². The van der Waals surface area contributed by atoms with Gasteiger partial charge < -0.3 is 4.74 Å². The highest BCUT2D eigenvalue weighted by molar-refractivity contribution is 6.30. The summed E-state index contributed by atoms with van der Waals surface area (Å²) in [5, 5.41) is 0.774. The van der Waals surface area contributed by atoms with Gasteiger partial charge in [0.2, 0.25) is 0 Å². The largest absolute Gasteiger partial charge is 0.462 e. The average Bonchev–Trinajstić information content (AvgIpc) is 2.41. The molecule has 2 nitrogen and oxygen atoms in total. The fourth-order valence-electron chi connectivity index (χ4n) is 2.60. The summed E-state index contributed by atoms with van der Waals surface area (Å²) in [4.78, 5) is 11.4. The Labute approximate surface area is 119 Å². The van der Waals surface area contributed by atoms with Crippen LogP contribution >= 0.6 is 11.6 Å². The Morgan fingerprint density at radius 3 is 2.47 bits per heavy atom. The zero-order chi connectivity index (χ0) is 13.7. The molecule has 1 aromatic carbocycles. The van der Waals surface area contributed by atoms with Crippen LogP contribution < -0.4 is 0 Å². The van der Waals surface area contributed by atoms with Crippen molar-refractivity contribution in [1.29, 1.82) is 0 Å². The third kappa shape index (κ3) is 4.10. The monoisotopic (exact) mass is 278 g/mol. The van der Waals surface area contributed by atoms with Crippen LogP contribution in [0.5, 0.6) is 0 Å². The summed E-state index contributed by atoms with van der Waals surface area (Å²) < 4.78 is 5.40. The molecule has 102 valence electrons. The molecule has 0 amide bonds. The van der Waals surface area contributed by atoms with Crippen LogP contribution in [-0.2, 0) is 9.53 Å². The predicted octanol–water partition coefficient (Wildman–Crippen LogP) is 4.49. The Morgan fingerprint density at radius 2 is 1.89 bits per heavy atom. The lowest BCUT2D eigenvalue weighted by molar-refractivity contribution is -0.149. The lowest BCUT2D eigenvalue weighted by Gasteiger charge is -2.28. The van der Waals surface area contributed by atoms with Gasteiger partial charge in [-0.05, 0) is 49.3 Å². The normalized spacial score (nSPS) is 22.8. The van der Waals surface area contributed by atoms with Crippen molar-refractivity contribution < 1.29 is 9.53 Å². The smallest absolute Gasteiger partial charge is 0.309 e. The lowest BCUT2D eigenvalue weighted by Crippen LogP contribution is -2.23. The second-order valence-electron chi connectivity index (χ2n) is 5.01. The van der Waals surface area contributed by atoms with E-state index in [4.69, 9.17) is 16.3 Å². The molecule has 0 radical (unpaired) electrons. The second kappa shape index (κ2) is 6.76. The predicted molar refractivity (Wildman–Crippen MR) is 77.4 cm³/mol. The van der Waals surface area contributed by atoms with Crippen molar-refractivity contribution in [3.63, 3.8) is 0 Å². The Hall–Kier alpha value is -1.28. The minimum Gasteiger partial charge on any atom is -0.462 e. The molecule has 19 heavy (non-hydrogen) atoms. The zero-order valence-corrected chi connectivity index (χ0v) is 11.7. The zero-order valence-electron chi connectivity index (χ0n) is 11.0. The number of benzene rings is 1.